The molecule has 0 atom stereocenters. The molecule has 0 fully saturated rings. The third kappa shape index (κ3) is 7.08. The fourth-order valence-corrected chi connectivity index (χ4v) is 4.09. The second kappa shape index (κ2) is 10.9. The van der Waals surface area contributed by atoms with Crippen molar-refractivity contribution in [3.8, 4) is 0 Å². The number of amides is 2. The predicted molar refractivity (Wildman–Crippen MR) is 124 cm³/mol. The van der Waals surface area contributed by atoms with Crippen LogP contribution in [0.3, 0.4) is 0 Å². The minimum absolute atomic E-state index is 0.177. The van der Waals surface area contributed by atoms with Gasteiger partial charge in [0.15, 0.2) is 0 Å². The monoisotopic (exact) mass is 439 g/mol. The van der Waals surface area contributed by atoms with E-state index in [9.17, 15) is 9.59 Å². The first-order valence-corrected chi connectivity index (χ1v) is 11.2. The molecule has 164 valence electrons. The molecule has 0 saturated heterocycles. The lowest BCUT2D eigenvalue weighted by Crippen LogP contribution is -2.33. The van der Waals surface area contributed by atoms with Gasteiger partial charge in [-0.15, -0.1) is 11.3 Å². The summed E-state index contributed by atoms with van der Waals surface area (Å²) in [6.45, 7) is 8.07. The summed E-state index contributed by atoms with van der Waals surface area (Å²) in [5.74, 6) is 0.784. The quantitative estimate of drug-likeness (QED) is 0.481. The van der Waals surface area contributed by atoms with E-state index in [1.807, 2.05) is 36.9 Å². The van der Waals surface area contributed by atoms with Gasteiger partial charge in [0.25, 0.3) is 5.91 Å². The number of carbonyl (C=O) groups is 2. The number of hydrogen-bond donors (Lipinski definition) is 2. The van der Waals surface area contributed by atoms with E-state index in [0.717, 1.165) is 5.76 Å². The minimum Gasteiger partial charge on any atom is -0.468 e. The molecule has 31 heavy (non-hydrogen) atoms. The van der Waals surface area contributed by atoms with Crippen LogP contribution in [0.25, 0.3) is 0 Å². The van der Waals surface area contributed by atoms with Crippen LogP contribution in [0.1, 0.15) is 39.7 Å². The van der Waals surface area contributed by atoms with Crippen molar-refractivity contribution >= 4 is 28.8 Å². The number of nitrogens with one attached hydrogen (secondary N) is 2. The van der Waals surface area contributed by atoms with E-state index in [1.165, 1.54) is 9.75 Å². The van der Waals surface area contributed by atoms with Gasteiger partial charge in [-0.05, 0) is 49.2 Å². The average molecular weight is 440 g/mol. The zero-order valence-corrected chi connectivity index (χ0v) is 19.0. The van der Waals surface area contributed by atoms with E-state index in [2.05, 4.69) is 29.7 Å². The van der Waals surface area contributed by atoms with Crippen molar-refractivity contribution in [3.05, 3.63) is 75.9 Å². The molecule has 1 aromatic carbocycles. The van der Waals surface area contributed by atoms with Gasteiger partial charge >= 0.3 is 0 Å². The number of carbonyl (C=O) groups excluding carboxylic acids is 2. The van der Waals surface area contributed by atoms with Crippen molar-refractivity contribution in [1.82, 2.24) is 10.2 Å². The Morgan fingerprint density at radius 2 is 1.87 bits per heavy atom. The number of aryl methyl sites for hydroxylation is 1. The number of anilines is 1. The van der Waals surface area contributed by atoms with Crippen molar-refractivity contribution in [1.29, 1.82) is 0 Å². The Bertz CT molecular complexity index is 995. The van der Waals surface area contributed by atoms with Crippen LogP contribution >= 0.6 is 11.3 Å². The minimum atomic E-state index is -0.189. The molecule has 0 aliphatic carbocycles. The molecule has 3 aromatic rings. The highest BCUT2D eigenvalue weighted by Gasteiger charge is 2.17. The molecule has 0 saturated carbocycles. The maximum atomic E-state index is 12.9. The summed E-state index contributed by atoms with van der Waals surface area (Å²) in [7, 11) is 0. The molecular weight excluding hydrogens is 410 g/mol. The normalized spacial score (nSPS) is 11.1. The van der Waals surface area contributed by atoms with Gasteiger partial charge in [0.05, 0.1) is 30.6 Å². The van der Waals surface area contributed by atoms with Crippen LogP contribution in [0.2, 0.25) is 0 Å². The highest BCUT2D eigenvalue weighted by Crippen LogP contribution is 2.19. The number of furan rings is 1. The van der Waals surface area contributed by atoms with E-state index in [-0.39, 0.29) is 18.4 Å². The fourth-order valence-electron chi connectivity index (χ4n) is 3.16. The maximum absolute atomic E-state index is 12.9. The Morgan fingerprint density at radius 3 is 2.55 bits per heavy atom. The molecule has 6 nitrogen and oxygen atoms in total. The van der Waals surface area contributed by atoms with Crippen LogP contribution in [0.4, 0.5) is 5.69 Å². The topological polar surface area (TPSA) is 74.6 Å². The molecule has 0 aliphatic heterocycles. The van der Waals surface area contributed by atoms with Crippen LogP contribution in [-0.2, 0) is 17.9 Å². The lowest BCUT2D eigenvalue weighted by Gasteiger charge is -2.20. The Morgan fingerprint density at radius 1 is 1.06 bits per heavy atom. The number of hydrogen-bond acceptors (Lipinski definition) is 5. The molecule has 3 rings (SSSR count). The van der Waals surface area contributed by atoms with Gasteiger partial charge in [0.1, 0.15) is 5.76 Å². The smallest absolute Gasteiger partial charge is 0.253 e. The Hall–Kier alpha value is -2.90. The molecule has 7 heteroatoms. The summed E-state index contributed by atoms with van der Waals surface area (Å²) in [4.78, 5) is 29.9. The maximum Gasteiger partial charge on any atom is 0.253 e. The van der Waals surface area contributed by atoms with Gasteiger partial charge in [-0.25, -0.2) is 0 Å². The first kappa shape index (κ1) is 22.8. The first-order valence-electron chi connectivity index (χ1n) is 10.4. The highest BCUT2D eigenvalue weighted by molar-refractivity contribution is 7.11. The van der Waals surface area contributed by atoms with Crippen LogP contribution in [-0.4, -0.2) is 29.8 Å². The summed E-state index contributed by atoms with van der Waals surface area (Å²) in [5, 5.41) is 5.82. The zero-order valence-electron chi connectivity index (χ0n) is 18.2. The second-order valence-corrected chi connectivity index (χ2v) is 9.31. The third-order valence-electron chi connectivity index (χ3n) is 4.62. The van der Waals surface area contributed by atoms with E-state index in [1.54, 1.807) is 35.8 Å². The molecule has 2 amide bonds. The van der Waals surface area contributed by atoms with Crippen LogP contribution in [0.5, 0.6) is 0 Å². The molecule has 0 bridgehead atoms. The molecule has 2 heterocycles. The SMILES string of the molecule is Cc1ccc(CN(CC(=O)Nc2ccccc2C(=O)NCC(C)C)Cc2ccco2)s1. The van der Waals surface area contributed by atoms with Crippen LogP contribution < -0.4 is 10.6 Å². The van der Waals surface area contributed by atoms with Gasteiger partial charge in [-0.3, -0.25) is 14.5 Å². The van der Waals surface area contributed by atoms with Gasteiger partial charge < -0.3 is 15.1 Å². The van der Waals surface area contributed by atoms with Gasteiger partial charge in [0, 0.05) is 22.8 Å². The lowest BCUT2D eigenvalue weighted by molar-refractivity contribution is -0.117. The Labute approximate surface area is 187 Å². The third-order valence-corrected chi connectivity index (χ3v) is 5.60. The molecule has 2 aromatic heterocycles. The largest absolute Gasteiger partial charge is 0.468 e. The summed E-state index contributed by atoms with van der Waals surface area (Å²) >= 11 is 1.72. The van der Waals surface area contributed by atoms with Crippen LogP contribution in [0.15, 0.2) is 59.2 Å². The van der Waals surface area contributed by atoms with Crippen molar-refractivity contribution in [2.24, 2.45) is 5.92 Å². The molecule has 0 spiro atoms. The zero-order chi connectivity index (χ0) is 22.2. The molecule has 0 radical (unpaired) electrons. The van der Waals surface area contributed by atoms with E-state index in [4.69, 9.17) is 4.42 Å². The van der Waals surface area contributed by atoms with E-state index in [0.29, 0.717) is 36.8 Å². The van der Waals surface area contributed by atoms with Crippen molar-refractivity contribution in [3.63, 3.8) is 0 Å². The molecule has 2 N–H and O–H groups in total. The number of rotatable bonds is 10. The fraction of sp³-hybridized carbons (Fsp3) is 0.333. The van der Waals surface area contributed by atoms with E-state index < -0.39 is 0 Å². The number of nitrogens with zero attached hydrogens (tertiary/aromatic N) is 1. The summed E-state index contributed by atoms with van der Waals surface area (Å²) < 4.78 is 5.48. The average Bonchev–Trinajstić information content (AvgIpc) is 3.38. The Balaban J connectivity index is 1.68. The number of para-hydroxylation sites is 1. The van der Waals surface area contributed by atoms with Gasteiger partial charge in [-0.1, -0.05) is 26.0 Å². The van der Waals surface area contributed by atoms with Gasteiger partial charge in [0.2, 0.25) is 5.91 Å². The number of thiophene rings is 1. The summed E-state index contributed by atoms with van der Waals surface area (Å²) in [6.07, 6.45) is 1.63. The lowest BCUT2D eigenvalue weighted by atomic mass is 10.1. The Kier molecular flexibility index (Phi) is 8.03. The first-order chi connectivity index (χ1) is 14.9. The van der Waals surface area contributed by atoms with Crippen molar-refractivity contribution in [2.75, 3.05) is 18.4 Å². The highest BCUT2D eigenvalue weighted by atomic mass is 32.1. The summed E-state index contributed by atoms with van der Waals surface area (Å²) in [6, 6.07) is 15.0. The summed E-state index contributed by atoms with van der Waals surface area (Å²) in [5.41, 5.74) is 0.974. The predicted octanol–water partition coefficient (Wildman–Crippen LogP) is 4.68. The van der Waals surface area contributed by atoms with Crippen molar-refractivity contribution < 1.29 is 14.0 Å². The van der Waals surface area contributed by atoms with Crippen molar-refractivity contribution in [2.45, 2.75) is 33.9 Å². The molecule has 0 aliphatic rings. The van der Waals surface area contributed by atoms with Crippen LogP contribution in [0, 0.1) is 12.8 Å². The second-order valence-electron chi connectivity index (χ2n) is 7.93. The number of benzene rings is 1. The standard InChI is InChI=1S/C24H29N3O3S/c1-17(2)13-25-24(29)21-8-4-5-9-22(21)26-23(28)16-27(14-19-7-6-12-30-19)15-20-11-10-18(3)31-20/h4-12,17H,13-16H2,1-3H3,(H,25,29)(H,26,28). The molecular formula is C24H29N3O3S. The molecule has 0 unspecified atom stereocenters. The van der Waals surface area contributed by atoms with Gasteiger partial charge in [-0.2, -0.15) is 0 Å². The van der Waals surface area contributed by atoms with E-state index >= 15 is 0 Å².